The van der Waals surface area contributed by atoms with Gasteiger partial charge in [0.05, 0.1) is 0 Å². The van der Waals surface area contributed by atoms with Gasteiger partial charge in [0.2, 0.25) is 0 Å². The molecular formula is C21H24N2O4. The average Bonchev–Trinajstić information content (AvgIpc) is 3.17. The van der Waals surface area contributed by atoms with Gasteiger partial charge in [-0.1, -0.05) is 25.1 Å². The molecule has 27 heavy (non-hydrogen) atoms. The Morgan fingerprint density at radius 3 is 2.11 bits per heavy atom. The topological polar surface area (TPSA) is 76.7 Å². The summed E-state index contributed by atoms with van der Waals surface area (Å²) in [5.41, 5.74) is 8.46. The number of hydrogen-bond acceptors (Lipinski definition) is 4. The van der Waals surface area contributed by atoms with Crippen LogP contribution in [0.3, 0.4) is 0 Å². The van der Waals surface area contributed by atoms with E-state index in [0.717, 1.165) is 25.7 Å². The molecule has 2 amide bonds. The number of ether oxygens (including phenoxy) is 2. The molecule has 0 unspecified atom stereocenters. The summed E-state index contributed by atoms with van der Waals surface area (Å²) in [6, 6.07) is 13.4. The molecule has 2 aromatic rings. The highest BCUT2D eigenvalue weighted by Crippen LogP contribution is 2.25. The maximum Gasteiger partial charge on any atom is 0.276 e. The first-order valence-corrected chi connectivity index (χ1v) is 9.18. The quantitative estimate of drug-likeness (QED) is 0.736. The molecule has 6 nitrogen and oxygen atoms in total. The number of carbonyl (C=O) groups excluding carboxylic acids is 2. The van der Waals surface area contributed by atoms with Gasteiger partial charge in [-0.05, 0) is 66.6 Å². The van der Waals surface area contributed by atoms with Gasteiger partial charge in [-0.15, -0.1) is 0 Å². The van der Waals surface area contributed by atoms with Crippen LogP contribution in [0, 0.1) is 0 Å². The summed E-state index contributed by atoms with van der Waals surface area (Å²) >= 11 is 0. The lowest BCUT2D eigenvalue weighted by Gasteiger charge is -2.10. The van der Waals surface area contributed by atoms with Gasteiger partial charge in [0, 0.05) is 0 Å². The van der Waals surface area contributed by atoms with Crippen molar-refractivity contribution in [3.05, 3.63) is 59.2 Å². The first kappa shape index (κ1) is 18.8. The molecule has 0 radical (unpaired) electrons. The van der Waals surface area contributed by atoms with Crippen LogP contribution in [0.4, 0.5) is 0 Å². The Bertz CT molecular complexity index is 802. The Kier molecular flexibility index (Phi) is 6.30. The Balaban J connectivity index is 1.35. The van der Waals surface area contributed by atoms with Crippen molar-refractivity contribution in [1.82, 2.24) is 10.9 Å². The molecule has 0 spiro atoms. The molecule has 0 aromatic heterocycles. The SMILES string of the molecule is CCc1ccc(OCC(=O)NNC(=O)COc2ccc3c(c2)CCC3)cc1. The zero-order valence-corrected chi connectivity index (χ0v) is 15.4. The highest BCUT2D eigenvalue weighted by Gasteiger charge is 2.12. The van der Waals surface area contributed by atoms with Crippen LogP contribution >= 0.6 is 0 Å². The average molecular weight is 368 g/mol. The number of aryl methyl sites for hydroxylation is 3. The van der Waals surface area contributed by atoms with Crippen LogP contribution in [0.25, 0.3) is 0 Å². The Hall–Kier alpha value is -3.02. The number of nitrogens with one attached hydrogen (secondary N) is 2. The molecule has 0 aliphatic heterocycles. The normalized spacial score (nSPS) is 12.2. The summed E-state index contributed by atoms with van der Waals surface area (Å²) in [7, 11) is 0. The first-order valence-electron chi connectivity index (χ1n) is 9.18. The third-order valence-electron chi connectivity index (χ3n) is 4.48. The molecule has 2 N–H and O–H groups in total. The number of benzene rings is 2. The second-order valence-corrected chi connectivity index (χ2v) is 6.46. The van der Waals surface area contributed by atoms with Crippen molar-refractivity contribution >= 4 is 11.8 Å². The molecule has 0 bridgehead atoms. The Morgan fingerprint density at radius 1 is 0.852 bits per heavy atom. The van der Waals surface area contributed by atoms with Crippen LogP contribution in [-0.2, 0) is 28.9 Å². The summed E-state index contributed by atoms with van der Waals surface area (Å²) in [5.74, 6) is 0.390. The van der Waals surface area contributed by atoms with Gasteiger partial charge in [-0.25, -0.2) is 0 Å². The van der Waals surface area contributed by atoms with Crippen molar-refractivity contribution < 1.29 is 19.1 Å². The minimum atomic E-state index is -0.444. The predicted octanol–water partition coefficient (Wildman–Crippen LogP) is 2.34. The molecule has 6 heteroatoms. The van der Waals surface area contributed by atoms with E-state index >= 15 is 0 Å². The molecular weight excluding hydrogens is 344 g/mol. The largest absolute Gasteiger partial charge is 0.484 e. The zero-order chi connectivity index (χ0) is 19.1. The standard InChI is InChI=1S/C21H24N2O4/c1-2-15-6-9-18(10-7-15)26-13-20(24)22-23-21(25)14-27-19-11-8-16-4-3-5-17(16)12-19/h6-12H,2-5,13-14H2,1H3,(H,22,24)(H,23,25). The van der Waals surface area contributed by atoms with Crippen LogP contribution in [0.1, 0.15) is 30.0 Å². The van der Waals surface area contributed by atoms with E-state index in [1.165, 1.54) is 16.7 Å². The van der Waals surface area contributed by atoms with E-state index in [1.807, 2.05) is 42.5 Å². The summed E-state index contributed by atoms with van der Waals surface area (Å²) < 4.78 is 10.9. The summed E-state index contributed by atoms with van der Waals surface area (Å²) in [6.45, 7) is 1.72. The minimum absolute atomic E-state index is 0.168. The fraction of sp³-hybridized carbons (Fsp3) is 0.333. The van der Waals surface area contributed by atoms with Crippen LogP contribution in [-0.4, -0.2) is 25.0 Å². The van der Waals surface area contributed by atoms with E-state index in [-0.39, 0.29) is 13.2 Å². The highest BCUT2D eigenvalue weighted by atomic mass is 16.5. The third kappa shape index (κ3) is 5.48. The van der Waals surface area contributed by atoms with Crippen molar-refractivity contribution in [3.8, 4) is 11.5 Å². The van der Waals surface area contributed by atoms with Gasteiger partial charge in [-0.3, -0.25) is 20.4 Å². The number of rotatable bonds is 7. The second kappa shape index (κ2) is 9.07. The van der Waals surface area contributed by atoms with Crippen molar-refractivity contribution in [1.29, 1.82) is 0 Å². The van der Waals surface area contributed by atoms with Crippen LogP contribution < -0.4 is 20.3 Å². The van der Waals surface area contributed by atoms with E-state index < -0.39 is 11.8 Å². The van der Waals surface area contributed by atoms with Crippen molar-refractivity contribution in [3.63, 3.8) is 0 Å². The lowest BCUT2D eigenvalue weighted by Crippen LogP contribution is -2.45. The Labute approximate surface area is 158 Å². The summed E-state index contributed by atoms with van der Waals surface area (Å²) in [6.07, 6.45) is 4.26. The van der Waals surface area contributed by atoms with Crippen LogP contribution in [0.2, 0.25) is 0 Å². The van der Waals surface area contributed by atoms with E-state index in [0.29, 0.717) is 11.5 Å². The zero-order valence-electron chi connectivity index (χ0n) is 15.4. The van der Waals surface area contributed by atoms with Gasteiger partial charge in [0.15, 0.2) is 13.2 Å². The molecule has 0 saturated heterocycles. The van der Waals surface area contributed by atoms with Gasteiger partial charge in [-0.2, -0.15) is 0 Å². The maximum atomic E-state index is 11.8. The van der Waals surface area contributed by atoms with E-state index in [2.05, 4.69) is 17.8 Å². The number of hydrazine groups is 1. The second-order valence-electron chi connectivity index (χ2n) is 6.46. The molecule has 0 fully saturated rings. The third-order valence-corrected chi connectivity index (χ3v) is 4.48. The van der Waals surface area contributed by atoms with Crippen LogP contribution in [0.15, 0.2) is 42.5 Å². The molecule has 142 valence electrons. The molecule has 1 aliphatic rings. The van der Waals surface area contributed by atoms with Crippen molar-refractivity contribution in [2.75, 3.05) is 13.2 Å². The number of amides is 2. The first-order chi connectivity index (χ1) is 13.1. The lowest BCUT2D eigenvalue weighted by atomic mass is 10.1. The number of carbonyl (C=O) groups is 2. The summed E-state index contributed by atoms with van der Waals surface area (Å²) in [4.78, 5) is 23.6. The van der Waals surface area contributed by atoms with E-state index in [4.69, 9.17) is 9.47 Å². The summed E-state index contributed by atoms with van der Waals surface area (Å²) in [5, 5.41) is 0. The molecule has 3 rings (SSSR count). The van der Waals surface area contributed by atoms with Gasteiger partial charge >= 0.3 is 0 Å². The maximum absolute atomic E-state index is 11.8. The fourth-order valence-corrected chi connectivity index (χ4v) is 2.97. The molecule has 0 saturated carbocycles. The highest BCUT2D eigenvalue weighted by molar-refractivity contribution is 5.83. The van der Waals surface area contributed by atoms with Crippen molar-refractivity contribution in [2.45, 2.75) is 32.6 Å². The van der Waals surface area contributed by atoms with Gasteiger partial charge in [0.1, 0.15) is 11.5 Å². The predicted molar refractivity (Wildman–Crippen MR) is 102 cm³/mol. The Morgan fingerprint density at radius 2 is 1.44 bits per heavy atom. The molecule has 1 aliphatic carbocycles. The van der Waals surface area contributed by atoms with E-state index in [9.17, 15) is 9.59 Å². The van der Waals surface area contributed by atoms with Crippen molar-refractivity contribution in [2.24, 2.45) is 0 Å². The number of hydrogen-bond donors (Lipinski definition) is 2. The smallest absolute Gasteiger partial charge is 0.276 e. The monoisotopic (exact) mass is 368 g/mol. The van der Waals surface area contributed by atoms with E-state index in [1.54, 1.807) is 0 Å². The van der Waals surface area contributed by atoms with Crippen LogP contribution in [0.5, 0.6) is 11.5 Å². The lowest BCUT2D eigenvalue weighted by molar-refractivity contribution is -0.131. The molecule has 2 aromatic carbocycles. The number of fused-ring (bicyclic) bond motifs is 1. The van der Waals surface area contributed by atoms with Gasteiger partial charge in [0.25, 0.3) is 11.8 Å². The molecule has 0 heterocycles. The minimum Gasteiger partial charge on any atom is -0.484 e. The van der Waals surface area contributed by atoms with Gasteiger partial charge < -0.3 is 9.47 Å². The fourth-order valence-electron chi connectivity index (χ4n) is 2.97. The molecule has 0 atom stereocenters.